The fraction of sp³-hybridized carbons (Fsp3) is 0.300. The van der Waals surface area contributed by atoms with E-state index < -0.39 is 6.04 Å². The second-order valence-corrected chi connectivity index (χ2v) is 6.31. The SMILES string of the molecule is COc1cccc(-c2noc([C@@H](C)NC(=O)CCCNC(=O)c3ccco3)n2)c1. The van der Waals surface area contributed by atoms with E-state index in [1.165, 1.54) is 6.26 Å². The zero-order valence-electron chi connectivity index (χ0n) is 16.2. The highest BCUT2D eigenvalue weighted by atomic mass is 16.5. The number of rotatable bonds is 9. The summed E-state index contributed by atoms with van der Waals surface area (Å²) in [5.41, 5.74) is 0.755. The van der Waals surface area contributed by atoms with Crippen molar-refractivity contribution in [3.05, 3.63) is 54.3 Å². The quantitative estimate of drug-likeness (QED) is 0.532. The lowest BCUT2D eigenvalue weighted by atomic mass is 10.2. The number of benzene rings is 1. The number of hydrogen-bond donors (Lipinski definition) is 2. The minimum Gasteiger partial charge on any atom is -0.497 e. The van der Waals surface area contributed by atoms with Crippen LogP contribution in [0.25, 0.3) is 11.4 Å². The van der Waals surface area contributed by atoms with Crippen LogP contribution >= 0.6 is 0 Å². The van der Waals surface area contributed by atoms with Gasteiger partial charge in [-0.25, -0.2) is 0 Å². The number of amides is 2. The fourth-order valence-electron chi connectivity index (χ4n) is 2.61. The molecule has 0 aliphatic heterocycles. The van der Waals surface area contributed by atoms with Crippen LogP contribution in [0.1, 0.15) is 42.3 Å². The minimum atomic E-state index is -0.438. The van der Waals surface area contributed by atoms with Gasteiger partial charge in [-0.05, 0) is 37.6 Å². The molecule has 0 saturated heterocycles. The van der Waals surface area contributed by atoms with Gasteiger partial charge in [0.2, 0.25) is 17.6 Å². The van der Waals surface area contributed by atoms with Crippen molar-refractivity contribution in [3.63, 3.8) is 0 Å². The first-order chi connectivity index (χ1) is 14.1. The Morgan fingerprint density at radius 1 is 1.24 bits per heavy atom. The maximum absolute atomic E-state index is 12.1. The Kier molecular flexibility index (Phi) is 6.62. The standard InChI is InChI=1S/C20H22N4O5/c1-13(20-23-18(24-29-20)14-6-3-7-15(12-14)27-2)22-17(25)9-4-10-21-19(26)16-8-5-11-28-16/h3,5-8,11-13H,4,9-10H2,1-2H3,(H,21,26)(H,22,25)/t13-/m1/s1. The van der Waals surface area contributed by atoms with E-state index in [1.54, 1.807) is 32.2 Å². The number of aromatic nitrogens is 2. The van der Waals surface area contributed by atoms with Crippen molar-refractivity contribution in [1.82, 2.24) is 20.8 Å². The average molecular weight is 398 g/mol. The van der Waals surface area contributed by atoms with E-state index in [4.69, 9.17) is 13.7 Å². The van der Waals surface area contributed by atoms with Crippen LogP contribution in [-0.2, 0) is 4.79 Å². The predicted octanol–water partition coefficient (Wildman–Crippen LogP) is 2.73. The predicted molar refractivity (Wildman–Crippen MR) is 103 cm³/mol. The molecule has 2 amide bonds. The number of furan rings is 1. The van der Waals surface area contributed by atoms with Crippen LogP contribution in [0, 0.1) is 0 Å². The van der Waals surface area contributed by atoms with Crippen molar-refractivity contribution in [2.75, 3.05) is 13.7 Å². The maximum atomic E-state index is 12.1. The van der Waals surface area contributed by atoms with Crippen LogP contribution in [0.15, 0.2) is 51.6 Å². The van der Waals surface area contributed by atoms with E-state index in [1.807, 2.05) is 18.2 Å². The van der Waals surface area contributed by atoms with Crippen molar-refractivity contribution >= 4 is 11.8 Å². The van der Waals surface area contributed by atoms with E-state index in [-0.39, 0.29) is 24.0 Å². The number of carbonyl (C=O) groups is 2. The van der Waals surface area contributed by atoms with Gasteiger partial charge in [0.05, 0.1) is 13.4 Å². The minimum absolute atomic E-state index is 0.175. The summed E-state index contributed by atoms with van der Waals surface area (Å²) in [6.07, 6.45) is 2.17. The summed E-state index contributed by atoms with van der Waals surface area (Å²) in [5.74, 6) is 1.18. The number of nitrogens with zero attached hydrogens (tertiary/aromatic N) is 2. The molecule has 9 nitrogen and oxygen atoms in total. The molecule has 2 N–H and O–H groups in total. The lowest BCUT2D eigenvalue weighted by Gasteiger charge is -2.09. The van der Waals surface area contributed by atoms with Crippen molar-refractivity contribution < 1.29 is 23.3 Å². The maximum Gasteiger partial charge on any atom is 0.286 e. The van der Waals surface area contributed by atoms with Crippen molar-refractivity contribution in [3.8, 4) is 17.1 Å². The Hall–Kier alpha value is -3.62. The number of hydrogen-bond acceptors (Lipinski definition) is 7. The molecule has 0 saturated carbocycles. The highest BCUT2D eigenvalue weighted by Crippen LogP contribution is 2.22. The molecule has 2 heterocycles. The third-order valence-corrected chi connectivity index (χ3v) is 4.13. The van der Waals surface area contributed by atoms with Gasteiger partial charge < -0.3 is 24.3 Å². The number of nitrogens with one attached hydrogen (secondary N) is 2. The lowest BCUT2D eigenvalue weighted by Crippen LogP contribution is -2.29. The molecular formula is C20H22N4O5. The topological polar surface area (TPSA) is 119 Å². The van der Waals surface area contributed by atoms with Gasteiger partial charge in [0.15, 0.2) is 5.76 Å². The molecule has 0 spiro atoms. The van der Waals surface area contributed by atoms with Crippen LogP contribution in [0.5, 0.6) is 5.75 Å². The van der Waals surface area contributed by atoms with Crippen molar-refractivity contribution in [1.29, 1.82) is 0 Å². The largest absolute Gasteiger partial charge is 0.497 e. The molecule has 9 heteroatoms. The molecule has 3 aromatic rings. The molecule has 0 unspecified atom stereocenters. The Labute approximate surface area is 167 Å². The zero-order valence-corrected chi connectivity index (χ0v) is 16.2. The summed E-state index contributed by atoms with van der Waals surface area (Å²) in [6.45, 7) is 2.13. The van der Waals surface area contributed by atoms with Crippen LogP contribution < -0.4 is 15.4 Å². The van der Waals surface area contributed by atoms with Gasteiger partial charge in [0, 0.05) is 18.5 Å². The van der Waals surface area contributed by atoms with Gasteiger partial charge in [-0.1, -0.05) is 17.3 Å². The summed E-state index contributed by atoms with van der Waals surface area (Å²) >= 11 is 0. The molecule has 0 fully saturated rings. The van der Waals surface area contributed by atoms with Crippen LogP contribution in [0.3, 0.4) is 0 Å². The highest BCUT2D eigenvalue weighted by molar-refractivity contribution is 5.91. The van der Waals surface area contributed by atoms with Gasteiger partial charge in [0.1, 0.15) is 11.8 Å². The number of carbonyl (C=O) groups excluding carboxylic acids is 2. The van der Waals surface area contributed by atoms with Gasteiger partial charge in [-0.3, -0.25) is 9.59 Å². The van der Waals surface area contributed by atoms with Crippen LogP contribution in [0.2, 0.25) is 0 Å². The average Bonchev–Trinajstić information content (AvgIpc) is 3.43. The number of methoxy groups -OCH3 is 1. The Morgan fingerprint density at radius 3 is 2.86 bits per heavy atom. The van der Waals surface area contributed by atoms with Crippen LogP contribution in [-0.4, -0.2) is 35.6 Å². The van der Waals surface area contributed by atoms with Crippen LogP contribution in [0.4, 0.5) is 0 Å². The molecule has 1 aromatic carbocycles. The second kappa shape index (κ2) is 9.54. The first-order valence-electron chi connectivity index (χ1n) is 9.16. The highest BCUT2D eigenvalue weighted by Gasteiger charge is 2.17. The summed E-state index contributed by atoms with van der Waals surface area (Å²) in [4.78, 5) is 28.2. The van der Waals surface area contributed by atoms with Gasteiger partial charge in [0.25, 0.3) is 5.91 Å². The van der Waals surface area contributed by atoms with E-state index in [2.05, 4.69) is 20.8 Å². The molecule has 3 rings (SSSR count). The summed E-state index contributed by atoms with van der Waals surface area (Å²) in [5, 5.41) is 9.46. The third-order valence-electron chi connectivity index (χ3n) is 4.13. The van der Waals surface area contributed by atoms with E-state index >= 15 is 0 Å². The summed E-state index contributed by atoms with van der Waals surface area (Å²) in [6, 6.07) is 10.1. The van der Waals surface area contributed by atoms with Gasteiger partial charge in [-0.2, -0.15) is 4.98 Å². The monoisotopic (exact) mass is 398 g/mol. The van der Waals surface area contributed by atoms with E-state index in [0.717, 1.165) is 5.56 Å². The lowest BCUT2D eigenvalue weighted by molar-refractivity contribution is -0.122. The molecule has 0 radical (unpaired) electrons. The smallest absolute Gasteiger partial charge is 0.286 e. The molecule has 1 atom stereocenters. The molecule has 152 valence electrons. The molecule has 0 aliphatic carbocycles. The summed E-state index contributed by atoms with van der Waals surface area (Å²) < 4.78 is 15.5. The molecule has 29 heavy (non-hydrogen) atoms. The normalized spacial score (nSPS) is 11.7. The summed E-state index contributed by atoms with van der Waals surface area (Å²) in [7, 11) is 1.58. The van der Waals surface area contributed by atoms with Gasteiger partial charge in [-0.15, -0.1) is 0 Å². The first-order valence-corrected chi connectivity index (χ1v) is 9.16. The molecule has 0 bridgehead atoms. The van der Waals surface area contributed by atoms with Crippen molar-refractivity contribution in [2.45, 2.75) is 25.8 Å². The Bertz CT molecular complexity index is 951. The van der Waals surface area contributed by atoms with Crippen molar-refractivity contribution in [2.24, 2.45) is 0 Å². The fourth-order valence-corrected chi connectivity index (χ4v) is 2.61. The molecular weight excluding hydrogens is 376 g/mol. The van der Waals surface area contributed by atoms with E-state index in [0.29, 0.717) is 30.4 Å². The molecule has 0 aliphatic rings. The molecule has 2 aromatic heterocycles. The Morgan fingerprint density at radius 2 is 2.10 bits per heavy atom. The first kappa shape index (κ1) is 20.1. The zero-order chi connectivity index (χ0) is 20.6. The Balaban J connectivity index is 1.45. The third kappa shape index (κ3) is 5.44. The van der Waals surface area contributed by atoms with E-state index in [9.17, 15) is 9.59 Å². The van der Waals surface area contributed by atoms with Gasteiger partial charge >= 0.3 is 0 Å². The number of ether oxygens (including phenoxy) is 1. The second-order valence-electron chi connectivity index (χ2n) is 6.31.